The number of alkyl halides is 3. The highest BCUT2D eigenvalue weighted by Crippen LogP contribution is 2.24. The van der Waals surface area contributed by atoms with Gasteiger partial charge >= 0.3 is 12.1 Å². The standard InChI is InChI=1S/C14H16F3NO3/c1-8-5-11(6-12(10(3)19)13(20)21-4)9(2)18(8)7-14(15,16)17/h5-6H,7H2,1-4H3/b12-6-. The molecule has 0 saturated heterocycles. The summed E-state index contributed by atoms with van der Waals surface area (Å²) in [5, 5.41) is 0. The molecule has 1 heterocycles. The molecule has 0 radical (unpaired) electrons. The number of hydrogen-bond donors (Lipinski definition) is 0. The van der Waals surface area contributed by atoms with Crippen LogP contribution in [-0.4, -0.2) is 29.6 Å². The molecule has 0 aliphatic carbocycles. The molecule has 0 saturated carbocycles. The maximum atomic E-state index is 12.5. The zero-order valence-electron chi connectivity index (χ0n) is 12.2. The lowest BCUT2D eigenvalue weighted by atomic mass is 10.1. The van der Waals surface area contributed by atoms with Crippen LogP contribution in [0, 0.1) is 13.8 Å². The van der Waals surface area contributed by atoms with Gasteiger partial charge in [0, 0.05) is 11.4 Å². The summed E-state index contributed by atoms with van der Waals surface area (Å²) in [7, 11) is 1.13. The molecule has 1 aromatic rings. The third kappa shape index (κ3) is 4.21. The summed E-state index contributed by atoms with van der Waals surface area (Å²) in [5.41, 5.74) is 0.897. The molecule has 0 unspecified atom stereocenters. The molecule has 1 aromatic heterocycles. The Morgan fingerprint density at radius 2 is 1.90 bits per heavy atom. The van der Waals surface area contributed by atoms with Gasteiger partial charge in [0.05, 0.1) is 7.11 Å². The van der Waals surface area contributed by atoms with Gasteiger partial charge in [-0.25, -0.2) is 4.79 Å². The Hall–Kier alpha value is -2.05. The number of rotatable bonds is 4. The van der Waals surface area contributed by atoms with Gasteiger partial charge < -0.3 is 9.30 Å². The topological polar surface area (TPSA) is 48.3 Å². The first-order valence-electron chi connectivity index (χ1n) is 6.11. The van der Waals surface area contributed by atoms with Gasteiger partial charge in [0.1, 0.15) is 12.1 Å². The van der Waals surface area contributed by atoms with E-state index in [1.165, 1.54) is 32.9 Å². The number of halogens is 3. The fourth-order valence-corrected chi connectivity index (χ4v) is 1.97. The monoisotopic (exact) mass is 303 g/mol. The quantitative estimate of drug-likeness (QED) is 0.372. The van der Waals surface area contributed by atoms with Crippen molar-refractivity contribution < 1.29 is 27.5 Å². The van der Waals surface area contributed by atoms with E-state index in [1.807, 2.05) is 0 Å². The number of aryl methyl sites for hydroxylation is 1. The van der Waals surface area contributed by atoms with Crippen LogP contribution < -0.4 is 0 Å². The highest BCUT2D eigenvalue weighted by atomic mass is 19.4. The largest absolute Gasteiger partial charge is 0.465 e. The molecule has 4 nitrogen and oxygen atoms in total. The normalized spacial score (nSPS) is 12.4. The minimum atomic E-state index is -4.35. The lowest BCUT2D eigenvalue weighted by molar-refractivity contribution is -0.141. The van der Waals surface area contributed by atoms with Crippen molar-refractivity contribution in [1.29, 1.82) is 0 Å². The van der Waals surface area contributed by atoms with Crippen LogP contribution in [0.15, 0.2) is 11.6 Å². The molecule has 0 atom stereocenters. The molecular formula is C14H16F3NO3. The SMILES string of the molecule is COC(=O)/C(=C\c1cc(C)n(CC(F)(F)F)c1C)C(C)=O. The molecule has 0 aliphatic heterocycles. The number of aromatic nitrogens is 1. The Kier molecular flexibility index (Phi) is 4.98. The summed E-state index contributed by atoms with van der Waals surface area (Å²) in [6, 6.07) is 1.49. The number of nitrogens with zero attached hydrogens (tertiary/aromatic N) is 1. The number of methoxy groups -OCH3 is 1. The molecule has 0 spiro atoms. The summed E-state index contributed by atoms with van der Waals surface area (Å²) < 4.78 is 43.1. The van der Waals surface area contributed by atoms with Gasteiger partial charge in [-0.15, -0.1) is 0 Å². The molecule has 21 heavy (non-hydrogen) atoms. The summed E-state index contributed by atoms with van der Waals surface area (Å²) in [4.78, 5) is 22.9. The van der Waals surface area contributed by atoms with E-state index in [0.29, 0.717) is 17.0 Å². The molecule has 0 N–H and O–H groups in total. The zero-order valence-corrected chi connectivity index (χ0v) is 12.2. The van der Waals surface area contributed by atoms with Gasteiger partial charge in [-0.2, -0.15) is 13.2 Å². The summed E-state index contributed by atoms with van der Waals surface area (Å²) in [6.45, 7) is 3.10. The number of carbonyl (C=O) groups excluding carboxylic acids is 2. The van der Waals surface area contributed by atoms with Crippen molar-refractivity contribution in [1.82, 2.24) is 4.57 Å². The molecule has 1 rings (SSSR count). The van der Waals surface area contributed by atoms with Crippen LogP contribution in [0.3, 0.4) is 0 Å². The lowest BCUT2D eigenvalue weighted by Crippen LogP contribution is -2.19. The average molecular weight is 303 g/mol. The van der Waals surface area contributed by atoms with E-state index in [4.69, 9.17) is 0 Å². The summed E-state index contributed by atoms with van der Waals surface area (Å²) in [6.07, 6.45) is -3.09. The van der Waals surface area contributed by atoms with Crippen molar-refractivity contribution in [3.05, 3.63) is 28.6 Å². The minimum Gasteiger partial charge on any atom is -0.465 e. The van der Waals surface area contributed by atoms with E-state index >= 15 is 0 Å². The second-order valence-electron chi connectivity index (χ2n) is 4.63. The maximum Gasteiger partial charge on any atom is 0.406 e. The van der Waals surface area contributed by atoms with E-state index in [1.54, 1.807) is 0 Å². The van der Waals surface area contributed by atoms with E-state index in [-0.39, 0.29) is 5.57 Å². The summed E-state index contributed by atoms with van der Waals surface area (Å²) in [5.74, 6) is -1.33. The van der Waals surface area contributed by atoms with E-state index < -0.39 is 24.5 Å². The first kappa shape index (κ1) is 17.0. The second kappa shape index (κ2) is 6.15. The molecule has 0 aliphatic rings. The van der Waals surface area contributed by atoms with Crippen molar-refractivity contribution in [3.63, 3.8) is 0 Å². The molecule has 0 amide bonds. The van der Waals surface area contributed by atoms with Gasteiger partial charge in [0.15, 0.2) is 5.78 Å². The summed E-state index contributed by atoms with van der Waals surface area (Å²) >= 11 is 0. The average Bonchev–Trinajstić information content (AvgIpc) is 2.60. The predicted octanol–water partition coefficient (Wildman–Crippen LogP) is 2.81. The Bertz CT molecular complexity index is 597. The van der Waals surface area contributed by atoms with Crippen LogP contribution in [0.1, 0.15) is 23.9 Å². The maximum absolute atomic E-state index is 12.5. The minimum absolute atomic E-state index is 0.204. The Morgan fingerprint density at radius 1 is 1.33 bits per heavy atom. The van der Waals surface area contributed by atoms with Crippen LogP contribution in [0.5, 0.6) is 0 Å². The van der Waals surface area contributed by atoms with Gasteiger partial charge in [0.2, 0.25) is 0 Å². The number of hydrogen-bond acceptors (Lipinski definition) is 3. The lowest BCUT2D eigenvalue weighted by Gasteiger charge is -2.12. The van der Waals surface area contributed by atoms with Crippen LogP contribution in [0.4, 0.5) is 13.2 Å². The van der Waals surface area contributed by atoms with Crippen LogP contribution in [0.2, 0.25) is 0 Å². The van der Waals surface area contributed by atoms with Crippen molar-refractivity contribution in [3.8, 4) is 0 Å². The number of Topliss-reactive ketones (excluding diaryl/α,β-unsaturated/α-hetero) is 1. The second-order valence-corrected chi connectivity index (χ2v) is 4.63. The number of ketones is 1. The Morgan fingerprint density at radius 3 is 2.33 bits per heavy atom. The van der Waals surface area contributed by atoms with Crippen LogP contribution in [0.25, 0.3) is 6.08 Å². The smallest absolute Gasteiger partial charge is 0.406 e. The highest BCUT2D eigenvalue weighted by molar-refractivity contribution is 6.19. The fourth-order valence-electron chi connectivity index (χ4n) is 1.97. The zero-order chi connectivity index (χ0) is 16.4. The van der Waals surface area contributed by atoms with Crippen molar-refractivity contribution >= 4 is 17.8 Å². The number of ether oxygens (including phenoxy) is 1. The highest BCUT2D eigenvalue weighted by Gasteiger charge is 2.29. The molecule has 116 valence electrons. The van der Waals surface area contributed by atoms with Crippen molar-refractivity contribution in [2.45, 2.75) is 33.5 Å². The first-order chi connectivity index (χ1) is 9.56. The van der Waals surface area contributed by atoms with Gasteiger partial charge in [-0.3, -0.25) is 4.79 Å². The molecule has 0 bridgehead atoms. The van der Waals surface area contributed by atoms with Gasteiger partial charge in [-0.1, -0.05) is 0 Å². The number of esters is 1. The predicted molar refractivity (Wildman–Crippen MR) is 70.6 cm³/mol. The van der Waals surface area contributed by atoms with E-state index in [0.717, 1.165) is 11.7 Å². The van der Waals surface area contributed by atoms with Crippen LogP contribution in [-0.2, 0) is 20.9 Å². The van der Waals surface area contributed by atoms with E-state index in [2.05, 4.69) is 4.74 Å². The third-order valence-electron chi connectivity index (χ3n) is 3.03. The first-order valence-corrected chi connectivity index (χ1v) is 6.11. The van der Waals surface area contributed by atoms with Gasteiger partial charge in [0.25, 0.3) is 0 Å². The fraction of sp³-hybridized carbons (Fsp3) is 0.429. The molecule has 0 fully saturated rings. The van der Waals surface area contributed by atoms with Gasteiger partial charge in [-0.05, 0) is 38.5 Å². The third-order valence-corrected chi connectivity index (χ3v) is 3.03. The Labute approximate surface area is 120 Å². The molecule has 7 heteroatoms. The van der Waals surface area contributed by atoms with E-state index in [9.17, 15) is 22.8 Å². The van der Waals surface area contributed by atoms with Crippen molar-refractivity contribution in [2.75, 3.05) is 7.11 Å². The molecule has 0 aromatic carbocycles. The Balaban J connectivity index is 3.29. The van der Waals surface area contributed by atoms with Crippen molar-refractivity contribution in [2.24, 2.45) is 0 Å². The van der Waals surface area contributed by atoms with Crippen LogP contribution >= 0.6 is 0 Å². The molecular weight excluding hydrogens is 287 g/mol. The number of carbonyl (C=O) groups is 2.